The number of rotatable bonds is 4. The van der Waals surface area contributed by atoms with E-state index in [0.29, 0.717) is 0 Å². The number of likely N-dealkylation sites (tertiary alicyclic amines) is 1. The van der Waals surface area contributed by atoms with Crippen LogP contribution < -0.4 is 5.32 Å². The molecule has 17 heavy (non-hydrogen) atoms. The van der Waals surface area contributed by atoms with Gasteiger partial charge in [0.05, 0.1) is 5.54 Å². The number of aromatic nitrogens is 1. The summed E-state index contributed by atoms with van der Waals surface area (Å²) in [5.41, 5.74) is 1.29. The van der Waals surface area contributed by atoms with Crippen LogP contribution >= 0.6 is 11.3 Å². The molecular weight excluding hydrogens is 230 g/mol. The van der Waals surface area contributed by atoms with Crippen LogP contribution in [0.3, 0.4) is 0 Å². The highest BCUT2D eigenvalue weighted by atomic mass is 32.1. The minimum absolute atomic E-state index is 0.138. The Morgan fingerprint density at radius 3 is 2.59 bits per heavy atom. The maximum absolute atomic E-state index is 4.71. The Morgan fingerprint density at radius 1 is 1.41 bits per heavy atom. The Balaban J connectivity index is 2.16. The Labute approximate surface area is 108 Å². The summed E-state index contributed by atoms with van der Waals surface area (Å²) < 4.78 is 0. The Kier molecular flexibility index (Phi) is 4.17. The maximum Gasteiger partial charge on any atom is 0.113 e. The average molecular weight is 253 g/mol. The third-order valence-electron chi connectivity index (χ3n) is 3.70. The van der Waals surface area contributed by atoms with Gasteiger partial charge in [-0.2, -0.15) is 0 Å². The summed E-state index contributed by atoms with van der Waals surface area (Å²) >= 11 is 1.81. The van der Waals surface area contributed by atoms with Gasteiger partial charge in [-0.15, -0.1) is 11.3 Å². The molecule has 1 saturated heterocycles. The summed E-state index contributed by atoms with van der Waals surface area (Å²) in [6.07, 6.45) is 2.36. The van der Waals surface area contributed by atoms with E-state index in [-0.39, 0.29) is 5.54 Å². The van der Waals surface area contributed by atoms with E-state index < -0.39 is 0 Å². The molecule has 0 radical (unpaired) electrons. The molecule has 0 unspecified atom stereocenters. The van der Waals surface area contributed by atoms with E-state index in [1.54, 1.807) is 0 Å². The molecule has 0 aliphatic carbocycles. The molecule has 2 heterocycles. The van der Waals surface area contributed by atoms with Crippen LogP contribution in [0.15, 0.2) is 5.38 Å². The maximum atomic E-state index is 4.71. The zero-order valence-corrected chi connectivity index (χ0v) is 11.9. The van der Waals surface area contributed by atoms with Gasteiger partial charge >= 0.3 is 0 Å². The molecule has 0 spiro atoms. The van der Waals surface area contributed by atoms with Gasteiger partial charge in [0.15, 0.2) is 0 Å². The fourth-order valence-electron chi connectivity index (χ4n) is 2.63. The standard InChI is InChI=1S/C13H23N3S/c1-4-14-13(12-15-11(3)10-17-12)6-8-16(5-2)9-7-13/h10,14H,4-9H2,1-3H3. The Bertz CT molecular complexity index is 353. The van der Waals surface area contributed by atoms with E-state index in [1.807, 2.05) is 11.3 Å². The highest BCUT2D eigenvalue weighted by Gasteiger charge is 2.37. The van der Waals surface area contributed by atoms with E-state index in [2.05, 4.69) is 36.4 Å². The third kappa shape index (κ3) is 2.69. The Hall–Kier alpha value is -0.450. The first kappa shape index (κ1) is 13.0. The molecular formula is C13H23N3S. The normalized spacial score (nSPS) is 20.6. The summed E-state index contributed by atoms with van der Waals surface area (Å²) in [5.74, 6) is 0. The second-order valence-electron chi connectivity index (χ2n) is 4.84. The first-order valence-corrected chi connectivity index (χ1v) is 7.48. The number of thiazole rings is 1. The number of nitrogens with zero attached hydrogens (tertiary/aromatic N) is 2. The van der Waals surface area contributed by atoms with Gasteiger partial charge in [0.2, 0.25) is 0 Å². The highest BCUT2D eigenvalue weighted by Crippen LogP contribution is 2.34. The number of nitrogens with one attached hydrogen (secondary N) is 1. The van der Waals surface area contributed by atoms with Crippen molar-refractivity contribution < 1.29 is 0 Å². The fraction of sp³-hybridized carbons (Fsp3) is 0.769. The minimum Gasteiger partial charge on any atom is -0.306 e. The molecule has 1 aliphatic heterocycles. The third-order valence-corrected chi connectivity index (χ3v) is 4.86. The molecule has 3 nitrogen and oxygen atoms in total. The fourth-order valence-corrected chi connectivity index (χ4v) is 3.66. The summed E-state index contributed by atoms with van der Waals surface area (Å²) in [4.78, 5) is 7.24. The predicted octanol–water partition coefficient (Wildman–Crippen LogP) is 2.37. The van der Waals surface area contributed by atoms with Gasteiger partial charge in [-0.1, -0.05) is 13.8 Å². The quantitative estimate of drug-likeness (QED) is 0.893. The van der Waals surface area contributed by atoms with Gasteiger partial charge < -0.3 is 10.2 Å². The molecule has 1 N–H and O–H groups in total. The van der Waals surface area contributed by atoms with Crippen molar-refractivity contribution >= 4 is 11.3 Å². The summed E-state index contributed by atoms with van der Waals surface area (Å²) in [5, 5.41) is 7.15. The van der Waals surface area contributed by atoms with Crippen molar-refractivity contribution in [3.05, 3.63) is 16.1 Å². The van der Waals surface area contributed by atoms with Crippen molar-refractivity contribution in [2.24, 2.45) is 0 Å². The van der Waals surface area contributed by atoms with E-state index >= 15 is 0 Å². The van der Waals surface area contributed by atoms with Crippen molar-refractivity contribution in [1.29, 1.82) is 0 Å². The molecule has 0 atom stereocenters. The van der Waals surface area contributed by atoms with Crippen molar-refractivity contribution in [2.75, 3.05) is 26.2 Å². The summed E-state index contributed by atoms with van der Waals surface area (Å²) in [6.45, 7) is 11.1. The lowest BCUT2D eigenvalue weighted by molar-refractivity contribution is 0.140. The molecule has 0 amide bonds. The predicted molar refractivity (Wildman–Crippen MR) is 73.6 cm³/mol. The summed E-state index contributed by atoms with van der Waals surface area (Å²) in [6, 6.07) is 0. The molecule has 0 aromatic carbocycles. The first-order valence-electron chi connectivity index (χ1n) is 6.60. The van der Waals surface area contributed by atoms with Crippen LogP contribution in [0.4, 0.5) is 0 Å². The van der Waals surface area contributed by atoms with Gasteiger partial charge in [-0.05, 0) is 32.9 Å². The molecule has 1 aliphatic rings. The topological polar surface area (TPSA) is 28.2 Å². The van der Waals surface area contributed by atoms with Gasteiger partial charge in [-0.3, -0.25) is 0 Å². The van der Waals surface area contributed by atoms with Crippen LogP contribution in [-0.2, 0) is 5.54 Å². The molecule has 2 rings (SSSR count). The van der Waals surface area contributed by atoms with Crippen LogP contribution in [0.2, 0.25) is 0 Å². The van der Waals surface area contributed by atoms with E-state index in [0.717, 1.165) is 12.2 Å². The zero-order chi connectivity index (χ0) is 12.3. The second-order valence-corrected chi connectivity index (χ2v) is 5.70. The van der Waals surface area contributed by atoms with E-state index in [1.165, 1.54) is 37.5 Å². The van der Waals surface area contributed by atoms with Crippen LogP contribution in [0.25, 0.3) is 0 Å². The van der Waals surface area contributed by atoms with Gasteiger partial charge in [0.1, 0.15) is 5.01 Å². The second kappa shape index (κ2) is 5.46. The highest BCUT2D eigenvalue weighted by molar-refractivity contribution is 7.09. The zero-order valence-electron chi connectivity index (χ0n) is 11.1. The smallest absolute Gasteiger partial charge is 0.113 e. The molecule has 0 bridgehead atoms. The molecule has 1 aromatic heterocycles. The van der Waals surface area contributed by atoms with Gasteiger partial charge in [0, 0.05) is 24.2 Å². The van der Waals surface area contributed by atoms with E-state index in [9.17, 15) is 0 Å². The molecule has 4 heteroatoms. The number of hydrogen-bond donors (Lipinski definition) is 1. The SMILES string of the molecule is CCNC1(c2nc(C)cs2)CCN(CC)CC1. The van der Waals surface area contributed by atoms with Crippen molar-refractivity contribution in [3.8, 4) is 0 Å². The van der Waals surface area contributed by atoms with Crippen LogP contribution in [-0.4, -0.2) is 36.1 Å². The molecule has 0 saturated carbocycles. The molecule has 96 valence electrons. The molecule has 1 fully saturated rings. The lowest BCUT2D eigenvalue weighted by atomic mass is 9.88. The largest absolute Gasteiger partial charge is 0.306 e. The number of piperidine rings is 1. The number of hydrogen-bond acceptors (Lipinski definition) is 4. The number of aryl methyl sites for hydroxylation is 1. The lowest BCUT2D eigenvalue weighted by Crippen LogP contribution is -2.51. The van der Waals surface area contributed by atoms with Crippen molar-refractivity contribution in [3.63, 3.8) is 0 Å². The van der Waals surface area contributed by atoms with Crippen molar-refractivity contribution in [1.82, 2.24) is 15.2 Å². The lowest BCUT2D eigenvalue weighted by Gasteiger charge is -2.40. The first-order chi connectivity index (χ1) is 8.20. The Morgan fingerprint density at radius 2 is 2.12 bits per heavy atom. The summed E-state index contributed by atoms with van der Waals surface area (Å²) in [7, 11) is 0. The van der Waals surface area contributed by atoms with Crippen LogP contribution in [0.5, 0.6) is 0 Å². The average Bonchev–Trinajstić information content (AvgIpc) is 2.78. The molecule has 1 aromatic rings. The van der Waals surface area contributed by atoms with Crippen LogP contribution in [0, 0.1) is 6.92 Å². The van der Waals surface area contributed by atoms with Crippen molar-refractivity contribution in [2.45, 2.75) is 39.2 Å². The van der Waals surface area contributed by atoms with E-state index in [4.69, 9.17) is 4.98 Å². The van der Waals surface area contributed by atoms with Crippen LogP contribution in [0.1, 0.15) is 37.4 Å². The minimum atomic E-state index is 0.138. The monoisotopic (exact) mass is 253 g/mol. The van der Waals surface area contributed by atoms with Gasteiger partial charge in [0.25, 0.3) is 0 Å². The van der Waals surface area contributed by atoms with Gasteiger partial charge in [-0.25, -0.2) is 4.98 Å².